The number of rotatable bonds is 6. The summed E-state index contributed by atoms with van der Waals surface area (Å²) in [6.07, 6.45) is 0. The average molecular weight is 289 g/mol. The Bertz CT molecular complexity index is 457. The van der Waals surface area contributed by atoms with E-state index in [9.17, 15) is 4.79 Å². The van der Waals surface area contributed by atoms with Crippen molar-refractivity contribution in [3.05, 3.63) is 10.0 Å². The Balaban J connectivity index is 2.50. The van der Waals surface area contributed by atoms with Crippen LogP contribution in [-0.4, -0.2) is 37.2 Å². The van der Waals surface area contributed by atoms with E-state index in [1.165, 1.54) is 0 Å². The maximum Gasteiger partial charge on any atom is 0.242 e. The van der Waals surface area contributed by atoms with Crippen LogP contribution in [-0.2, 0) is 9.53 Å². The smallest absolute Gasteiger partial charge is 0.242 e. The van der Waals surface area contributed by atoms with Crippen LogP contribution in [0.5, 0.6) is 0 Å². The highest BCUT2D eigenvalue weighted by Gasteiger charge is 2.15. The number of hydrogen-bond acceptors (Lipinski definition) is 6. The lowest BCUT2D eigenvalue weighted by molar-refractivity contribution is -0.121. The van der Waals surface area contributed by atoms with Crippen molar-refractivity contribution in [2.45, 2.75) is 13.0 Å². The maximum atomic E-state index is 11.6. The fraction of sp³-hybridized carbons (Fsp3) is 0.500. The Morgan fingerprint density at radius 3 is 3.00 bits per heavy atom. The molecule has 0 radical (unpaired) electrons. The molecule has 0 saturated carbocycles. The molecule has 0 aromatic carbocycles. The monoisotopic (exact) mass is 288 g/mol. The SMILES string of the molecule is COCCNC(=O)C(C)Nc1nc(Cl)c(C#N)s1. The van der Waals surface area contributed by atoms with E-state index in [-0.39, 0.29) is 11.1 Å². The summed E-state index contributed by atoms with van der Waals surface area (Å²) in [6, 6.07) is 1.46. The summed E-state index contributed by atoms with van der Waals surface area (Å²) >= 11 is 6.84. The number of carbonyl (C=O) groups excluding carboxylic acids is 1. The predicted molar refractivity (Wildman–Crippen MR) is 69.8 cm³/mol. The van der Waals surface area contributed by atoms with Gasteiger partial charge in [0.1, 0.15) is 17.0 Å². The fourth-order valence-electron chi connectivity index (χ4n) is 1.11. The molecule has 0 aliphatic heterocycles. The molecule has 98 valence electrons. The molecule has 1 unspecified atom stereocenters. The molecule has 6 nitrogen and oxygen atoms in total. The highest BCUT2D eigenvalue weighted by molar-refractivity contribution is 7.16. The van der Waals surface area contributed by atoms with Gasteiger partial charge in [0.15, 0.2) is 10.3 Å². The van der Waals surface area contributed by atoms with Gasteiger partial charge in [-0.05, 0) is 6.92 Å². The molecule has 0 spiro atoms. The third-order valence-corrected chi connectivity index (χ3v) is 3.30. The van der Waals surface area contributed by atoms with E-state index in [0.717, 1.165) is 11.3 Å². The zero-order valence-corrected chi connectivity index (χ0v) is 11.6. The van der Waals surface area contributed by atoms with Gasteiger partial charge >= 0.3 is 0 Å². The molecule has 0 aliphatic rings. The van der Waals surface area contributed by atoms with E-state index < -0.39 is 6.04 Å². The standard InChI is InChI=1S/C10H13ClN4O2S/c1-6(9(16)13-3-4-17-2)14-10-15-8(11)7(5-12)18-10/h6H,3-4H2,1-2H3,(H,13,16)(H,14,15). The number of ether oxygens (including phenoxy) is 1. The van der Waals surface area contributed by atoms with Crippen LogP contribution in [0.3, 0.4) is 0 Å². The summed E-state index contributed by atoms with van der Waals surface area (Å²) in [5, 5.41) is 14.9. The van der Waals surface area contributed by atoms with Gasteiger partial charge in [0.25, 0.3) is 0 Å². The molecule has 0 fully saturated rings. The summed E-state index contributed by atoms with van der Waals surface area (Å²) in [6.45, 7) is 2.60. The van der Waals surface area contributed by atoms with Gasteiger partial charge in [0, 0.05) is 13.7 Å². The molecule has 1 atom stereocenters. The maximum absolute atomic E-state index is 11.6. The van der Waals surface area contributed by atoms with E-state index >= 15 is 0 Å². The minimum Gasteiger partial charge on any atom is -0.383 e. The van der Waals surface area contributed by atoms with Crippen LogP contribution < -0.4 is 10.6 Å². The van der Waals surface area contributed by atoms with Gasteiger partial charge in [-0.2, -0.15) is 5.26 Å². The second-order valence-corrected chi connectivity index (χ2v) is 4.76. The van der Waals surface area contributed by atoms with Crippen LogP contribution in [0.2, 0.25) is 5.15 Å². The number of hydrogen-bond donors (Lipinski definition) is 2. The molecule has 0 bridgehead atoms. The second-order valence-electron chi connectivity index (χ2n) is 3.40. The number of nitriles is 1. The Morgan fingerprint density at radius 1 is 1.72 bits per heavy atom. The van der Waals surface area contributed by atoms with E-state index in [2.05, 4.69) is 15.6 Å². The largest absolute Gasteiger partial charge is 0.383 e. The zero-order valence-electron chi connectivity index (χ0n) is 9.99. The van der Waals surface area contributed by atoms with E-state index in [1.807, 2.05) is 6.07 Å². The Morgan fingerprint density at radius 2 is 2.44 bits per heavy atom. The van der Waals surface area contributed by atoms with Crippen LogP contribution >= 0.6 is 22.9 Å². The van der Waals surface area contributed by atoms with Crippen LogP contribution in [0.1, 0.15) is 11.8 Å². The Kier molecular flexibility index (Phi) is 5.85. The van der Waals surface area contributed by atoms with Gasteiger partial charge in [0.2, 0.25) is 5.91 Å². The molecule has 18 heavy (non-hydrogen) atoms. The third-order valence-electron chi connectivity index (χ3n) is 2.03. The number of nitrogens with zero attached hydrogens (tertiary/aromatic N) is 2. The molecule has 1 heterocycles. The number of amides is 1. The van der Waals surface area contributed by atoms with Gasteiger partial charge in [-0.15, -0.1) is 0 Å². The van der Waals surface area contributed by atoms with E-state index in [4.69, 9.17) is 21.6 Å². The minimum atomic E-state index is -0.462. The fourth-order valence-corrected chi connectivity index (χ4v) is 2.15. The van der Waals surface area contributed by atoms with Gasteiger partial charge in [-0.1, -0.05) is 22.9 Å². The third kappa shape index (κ3) is 4.14. The summed E-state index contributed by atoms with van der Waals surface area (Å²) in [7, 11) is 1.56. The number of aromatic nitrogens is 1. The first kappa shape index (κ1) is 14.7. The predicted octanol–water partition coefficient (Wildman–Crippen LogP) is 1.23. The molecule has 0 aliphatic carbocycles. The zero-order chi connectivity index (χ0) is 13.5. The minimum absolute atomic E-state index is 0.150. The first-order valence-corrected chi connectivity index (χ1v) is 6.37. The molecule has 0 saturated heterocycles. The highest BCUT2D eigenvalue weighted by Crippen LogP contribution is 2.26. The normalized spacial score (nSPS) is 11.7. The second kappa shape index (κ2) is 7.16. The lowest BCUT2D eigenvalue weighted by Crippen LogP contribution is -2.39. The van der Waals surface area contributed by atoms with E-state index in [1.54, 1.807) is 14.0 Å². The van der Waals surface area contributed by atoms with Gasteiger partial charge < -0.3 is 15.4 Å². The highest BCUT2D eigenvalue weighted by atomic mass is 35.5. The number of anilines is 1. The molecular formula is C10H13ClN4O2S. The van der Waals surface area contributed by atoms with Crippen molar-refractivity contribution in [2.24, 2.45) is 0 Å². The lowest BCUT2D eigenvalue weighted by Gasteiger charge is -2.12. The number of nitrogens with one attached hydrogen (secondary N) is 2. The van der Waals surface area contributed by atoms with Crippen molar-refractivity contribution in [2.75, 3.05) is 25.6 Å². The number of methoxy groups -OCH3 is 1. The summed E-state index contributed by atoms with van der Waals surface area (Å²) < 4.78 is 4.82. The summed E-state index contributed by atoms with van der Waals surface area (Å²) in [5.41, 5.74) is 0. The molecule has 1 aromatic heterocycles. The quantitative estimate of drug-likeness (QED) is 0.769. The molecule has 2 N–H and O–H groups in total. The van der Waals surface area contributed by atoms with Crippen molar-refractivity contribution >= 4 is 34.0 Å². The number of carbonyl (C=O) groups is 1. The molecule has 1 amide bonds. The summed E-state index contributed by atoms with van der Waals surface area (Å²) in [4.78, 5) is 15.9. The van der Waals surface area contributed by atoms with Crippen molar-refractivity contribution in [3.8, 4) is 6.07 Å². The van der Waals surface area contributed by atoms with Crippen molar-refractivity contribution in [3.63, 3.8) is 0 Å². The number of halogens is 1. The average Bonchev–Trinajstić information content (AvgIpc) is 2.69. The van der Waals surface area contributed by atoms with E-state index in [0.29, 0.717) is 23.2 Å². The Labute approximate surface area is 114 Å². The van der Waals surface area contributed by atoms with Crippen LogP contribution in [0.4, 0.5) is 5.13 Å². The molecule has 8 heteroatoms. The molecule has 1 rings (SSSR count). The lowest BCUT2D eigenvalue weighted by atomic mass is 10.3. The Hall–Kier alpha value is -1.36. The topological polar surface area (TPSA) is 87.0 Å². The van der Waals surface area contributed by atoms with Crippen molar-refractivity contribution < 1.29 is 9.53 Å². The summed E-state index contributed by atoms with van der Waals surface area (Å²) in [5.74, 6) is -0.170. The van der Waals surface area contributed by atoms with Crippen LogP contribution in [0, 0.1) is 11.3 Å². The number of thiazole rings is 1. The van der Waals surface area contributed by atoms with Gasteiger partial charge in [-0.25, -0.2) is 4.98 Å². The van der Waals surface area contributed by atoms with Crippen LogP contribution in [0.25, 0.3) is 0 Å². The van der Waals surface area contributed by atoms with Crippen molar-refractivity contribution in [1.82, 2.24) is 10.3 Å². The van der Waals surface area contributed by atoms with Gasteiger partial charge in [0.05, 0.1) is 6.61 Å². The molecular weight excluding hydrogens is 276 g/mol. The first-order chi connectivity index (χ1) is 8.58. The first-order valence-electron chi connectivity index (χ1n) is 5.18. The van der Waals surface area contributed by atoms with Crippen LogP contribution in [0.15, 0.2) is 0 Å². The van der Waals surface area contributed by atoms with Crippen molar-refractivity contribution in [1.29, 1.82) is 5.26 Å². The molecule has 1 aromatic rings. The van der Waals surface area contributed by atoms with Gasteiger partial charge in [-0.3, -0.25) is 4.79 Å².